The summed E-state index contributed by atoms with van der Waals surface area (Å²) in [6, 6.07) is 13.3. The summed E-state index contributed by atoms with van der Waals surface area (Å²) < 4.78 is 12.9. The zero-order valence-electron chi connectivity index (χ0n) is 11.4. The number of hydrogen-bond donors (Lipinski definition) is 1. The van der Waals surface area contributed by atoms with E-state index < -0.39 is 17.2 Å². The Labute approximate surface area is 131 Å². The largest absolute Gasteiger partial charge is 0.295 e. The molecule has 2 aromatic carbocycles. The molecule has 1 aliphatic heterocycles. The van der Waals surface area contributed by atoms with Crippen molar-refractivity contribution < 1.29 is 14.0 Å². The number of anilines is 1. The first-order valence-corrected chi connectivity index (χ1v) is 7.10. The van der Waals surface area contributed by atoms with Crippen molar-refractivity contribution in [1.29, 1.82) is 0 Å². The molecule has 0 aromatic heterocycles. The number of halogens is 2. The molecule has 0 aliphatic carbocycles. The van der Waals surface area contributed by atoms with Crippen molar-refractivity contribution in [2.75, 3.05) is 5.43 Å². The van der Waals surface area contributed by atoms with Crippen molar-refractivity contribution in [3.63, 3.8) is 0 Å². The fourth-order valence-corrected chi connectivity index (χ4v) is 2.60. The van der Waals surface area contributed by atoms with Crippen LogP contribution in [0.2, 0.25) is 0 Å². The number of benzene rings is 2. The van der Waals surface area contributed by atoms with Crippen LogP contribution in [0, 0.1) is 5.82 Å². The molecule has 0 spiro atoms. The number of carbonyl (C=O) groups excluding carboxylic acids is 2. The second-order valence-electron chi connectivity index (χ2n) is 4.90. The molecule has 0 saturated carbocycles. The van der Waals surface area contributed by atoms with Gasteiger partial charge in [-0.2, -0.15) is 0 Å². The summed E-state index contributed by atoms with van der Waals surface area (Å²) in [5.74, 6) is -1.13. The highest BCUT2D eigenvalue weighted by Crippen LogP contribution is 2.29. The zero-order chi connectivity index (χ0) is 15.7. The third kappa shape index (κ3) is 2.55. The second kappa shape index (κ2) is 5.77. The summed E-state index contributed by atoms with van der Waals surface area (Å²) in [6.07, 6.45) is 0. The van der Waals surface area contributed by atoms with Gasteiger partial charge in [0.25, 0.3) is 5.91 Å². The highest BCUT2D eigenvalue weighted by molar-refractivity contribution is 6.37. The first-order valence-electron chi connectivity index (χ1n) is 6.66. The molecule has 2 unspecified atom stereocenters. The Balaban J connectivity index is 1.80. The molecular weight excluding hydrogens is 307 g/mol. The van der Waals surface area contributed by atoms with E-state index in [0.29, 0.717) is 11.3 Å². The van der Waals surface area contributed by atoms with Crippen molar-refractivity contribution in [2.45, 2.75) is 11.4 Å². The van der Waals surface area contributed by atoms with Crippen LogP contribution in [0.15, 0.2) is 54.6 Å². The molecule has 3 rings (SSSR count). The molecule has 1 aliphatic rings. The number of alkyl halides is 1. The molecule has 2 aromatic rings. The highest BCUT2D eigenvalue weighted by atomic mass is 35.5. The summed E-state index contributed by atoms with van der Waals surface area (Å²) in [7, 11) is 0. The Hall–Kier alpha value is -2.40. The summed E-state index contributed by atoms with van der Waals surface area (Å²) >= 11 is 5.98. The van der Waals surface area contributed by atoms with Gasteiger partial charge in [0.05, 0.1) is 5.69 Å². The monoisotopic (exact) mass is 318 g/mol. The average Bonchev–Trinajstić information content (AvgIpc) is 2.55. The molecule has 1 N–H and O–H groups in total. The van der Waals surface area contributed by atoms with E-state index in [-0.39, 0.29) is 11.7 Å². The highest BCUT2D eigenvalue weighted by Gasteiger charge is 2.51. The molecular formula is C16H12ClFN2O2. The smallest absolute Gasteiger partial charge is 0.262 e. The maximum absolute atomic E-state index is 12.9. The third-order valence-electron chi connectivity index (χ3n) is 3.45. The van der Waals surface area contributed by atoms with Crippen molar-refractivity contribution in [1.82, 2.24) is 5.01 Å². The second-order valence-corrected chi connectivity index (χ2v) is 5.37. The maximum atomic E-state index is 12.9. The molecule has 0 bridgehead atoms. The minimum absolute atomic E-state index is 0.310. The Kier molecular flexibility index (Phi) is 3.81. The molecule has 1 saturated heterocycles. The van der Waals surface area contributed by atoms with Crippen LogP contribution in [0.3, 0.4) is 0 Å². The number of para-hydroxylation sites is 1. The number of amides is 1. The van der Waals surface area contributed by atoms with Gasteiger partial charge >= 0.3 is 0 Å². The minimum Gasteiger partial charge on any atom is -0.295 e. The SMILES string of the molecule is O=C(c1ccc(F)cc1)C1C(Cl)C(=O)N1Nc1ccccc1. The summed E-state index contributed by atoms with van der Waals surface area (Å²) in [5, 5.41) is 0.285. The van der Waals surface area contributed by atoms with E-state index in [0.717, 1.165) is 0 Å². The Morgan fingerprint density at radius 1 is 1.09 bits per heavy atom. The number of Topliss-reactive ketones (excluding diaryl/α,β-unsaturated/α-hetero) is 1. The summed E-state index contributed by atoms with van der Waals surface area (Å²) in [6.45, 7) is 0. The van der Waals surface area contributed by atoms with Crippen LogP contribution in [0.5, 0.6) is 0 Å². The van der Waals surface area contributed by atoms with Crippen LogP contribution in [-0.2, 0) is 4.79 Å². The van der Waals surface area contributed by atoms with Crippen molar-refractivity contribution >= 4 is 29.0 Å². The Bertz CT molecular complexity index is 706. The first kappa shape index (κ1) is 14.5. The number of carbonyl (C=O) groups is 2. The molecule has 4 nitrogen and oxygen atoms in total. The number of nitrogens with one attached hydrogen (secondary N) is 1. The lowest BCUT2D eigenvalue weighted by Crippen LogP contribution is -2.67. The molecule has 22 heavy (non-hydrogen) atoms. The summed E-state index contributed by atoms with van der Waals surface area (Å²) in [5.41, 5.74) is 3.86. The van der Waals surface area contributed by atoms with Gasteiger partial charge in [0.1, 0.15) is 17.2 Å². The Morgan fingerprint density at radius 3 is 2.36 bits per heavy atom. The molecule has 1 fully saturated rings. The number of nitrogens with zero attached hydrogens (tertiary/aromatic N) is 1. The van der Waals surface area contributed by atoms with Crippen LogP contribution in [0.1, 0.15) is 10.4 Å². The fourth-order valence-electron chi connectivity index (χ4n) is 2.27. The number of rotatable bonds is 4. The lowest BCUT2D eigenvalue weighted by Gasteiger charge is -2.43. The number of hydrogen-bond acceptors (Lipinski definition) is 3. The average molecular weight is 319 g/mol. The van der Waals surface area contributed by atoms with Crippen molar-refractivity contribution in [2.24, 2.45) is 0 Å². The topological polar surface area (TPSA) is 49.4 Å². The van der Waals surface area contributed by atoms with Gasteiger partial charge < -0.3 is 0 Å². The van der Waals surface area contributed by atoms with Gasteiger partial charge in [0, 0.05) is 5.56 Å². The predicted octanol–water partition coefficient (Wildman–Crippen LogP) is 2.85. The zero-order valence-corrected chi connectivity index (χ0v) is 12.1. The van der Waals surface area contributed by atoms with Gasteiger partial charge in [-0.3, -0.25) is 15.0 Å². The first-order chi connectivity index (χ1) is 10.6. The van der Waals surface area contributed by atoms with Crippen LogP contribution in [0.25, 0.3) is 0 Å². The van der Waals surface area contributed by atoms with Crippen LogP contribution >= 0.6 is 11.6 Å². The molecule has 0 radical (unpaired) electrons. The molecule has 2 atom stereocenters. The molecule has 6 heteroatoms. The molecule has 1 amide bonds. The normalized spacial score (nSPS) is 20.5. The number of β-lactam (4-membered cyclic amide) rings is 1. The van der Waals surface area contributed by atoms with Crippen molar-refractivity contribution in [3.05, 3.63) is 66.0 Å². The van der Waals surface area contributed by atoms with Gasteiger partial charge in [-0.25, -0.2) is 9.40 Å². The summed E-state index contributed by atoms with van der Waals surface area (Å²) in [4.78, 5) is 24.3. The van der Waals surface area contributed by atoms with Gasteiger partial charge in [-0.15, -0.1) is 11.6 Å². The van der Waals surface area contributed by atoms with E-state index in [9.17, 15) is 14.0 Å². The molecule has 1 heterocycles. The number of ketones is 1. The Morgan fingerprint density at radius 2 is 1.73 bits per heavy atom. The van der Waals surface area contributed by atoms with E-state index in [1.165, 1.54) is 29.3 Å². The lowest BCUT2D eigenvalue weighted by atomic mass is 9.94. The standard InChI is InChI=1S/C16H12ClFN2O2/c17-13-14(15(21)10-6-8-11(18)9-7-10)20(16(13)22)19-12-4-2-1-3-5-12/h1-9,13-14,19H. The predicted molar refractivity (Wildman–Crippen MR) is 81.1 cm³/mol. The van der Waals surface area contributed by atoms with Gasteiger partial charge in [-0.1, -0.05) is 18.2 Å². The maximum Gasteiger partial charge on any atom is 0.262 e. The van der Waals surface area contributed by atoms with Crippen LogP contribution in [0.4, 0.5) is 10.1 Å². The van der Waals surface area contributed by atoms with Crippen LogP contribution < -0.4 is 5.43 Å². The fraction of sp³-hybridized carbons (Fsp3) is 0.125. The van der Waals surface area contributed by atoms with Crippen LogP contribution in [-0.4, -0.2) is 28.1 Å². The third-order valence-corrected chi connectivity index (χ3v) is 3.87. The van der Waals surface area contributed by atoms with E-state index in [1.807, 2.05) is 18.2 Å². The van der Waals surface area contributed by atoms with E-state index in [1.54, 1.807) is 12.1 Å². The van der Waals surface area contributed by atoms with E-state index in [2.05, 4.69) is 5.43 Å². The lowest BCUT2D eigenvalue weighted by molar-refractivity contribution is -0.140. The van der Waals surface area contributed by atoms with Crippen molar-refractivity contribution in [3.8, 4) is 0 Å². The van der Waals surface area contributed by atoms with Gasteiger partial charge in [0.15, 0.2) is 5.78 Å². The minimum atomic E-state index is -0.922. The van der Waals surface area contributed by atoms with Gasteiger partial charge in [-0.05, 0) is 36.4 Å². The van der Waals surface area contributed by atoms with Gasteiger partial charge in [0.2, 0.25) is 0 Å². The quantitative estimate of drug-likeness (QED) is 0.536. The van der Waals surface area contributed by atoms with E-state index in [4.69, 9.17) is 11.6 Å². The number of hydrazine groups is 1. The molecule has 112 valence electrons. The van der Waals surface area contributed by atoms with E-state index >= 15 is 0 Å².